The van der Waals surface area contributed by atoms with Crippen molar-refractivity contribution in [2.45, 2.75) is 38.7 Å². The number of halogens is 4. The number of amides is 3. The summed E-state index contributed by atoms with van der Waals surface area (Å²) in [5.74, 6) is -1.32. The summed E-state index contributed by atoms with van der Waals surface area (Å²) in [6.45, 7) is 1.98. The Kier molecular flexibility index (Phi) is 8.02. The maximum Gasteiger partial charge on any atom is 0.573 e. The van der Waals surface area contributed by atoms with Gasteiger partial charge in [0.2, 0.25) is 5.91 Å². The third kappa shape index (κ3) is 7.98. The second-order valence-corrected chi connectivity index (χ2v) is 6.36. The molecule has 162 valence electrons. The van der Waals surface area contributed by atoms with Gasteiger partial charge in [0.25, 0.3) is 0 Å². The number of carbonyl (C=O) groups excluding carboxylic acids is 2. The van der Waals surface area contributed by atoms with Crippen LogP contribution in [-0.4, -0.2) is 24.3 Å². The zero-order valence-corrected chi connectivity index (χ0v) is 16.1. The lowest BCUT2D eigenvalue weighted by molar-refractivity contribution is -0.274. The van der Waals surface area contributed by atoms with E-state index in [0.29, 0.717) is 18.4 Å². The monoisotopic (exact) mass is 427 g/mol. The normalized spacial score (nSPS) is 12.0. The Balaban J connectivity index is 1.90. The molecule has 1 unspecified atom stereocenters. The first-order valence-electron chi connectivity index (χ1n) is 9.11. The highest BCUT2D eigenvalue weighted by Crippen LogP contribution is 2.24. The van der Waals surface area contributed by atoms with Crippen LogP contribution < -0.4 is 20.7 Å². The number of nitrogens with one attached hydrogen (secondary N) is 3. The van der Waals surface area contributed by atoms with E-state index in [1.54, 1.807) is 0 Å². The van der Waals surface area contributed by atoms with Crippen molar-refractivity contribution in [3.8, 4) is 5.75 Å². The Morgan fingerprint density at radius 1 is 1.03 bits per heavy atom. The minimum Gasteiger partial charge on any atom is -0.406 e. The molecular weight excluding hydrogens is 406 g/mol. The van der Waals surface area contributed by atoms with Crippen LogP contribution in [0.25, 0.3) is 0 Å². The van der Waals surface area contributed by atoms with Crippen LogP contribution in [0.3, 0.4) is 0 Å². The Bertz CT molecular complexity index is 840. The zero-order chi connectivity index (χ0) is 22.1. The second kappa shape index (κ2) is 10.5. The van der Waals surface area contributed by atoms with Gasteiger partial charge < -0.3 is 20.7 Å². The van der Waals surface area contributed by atoms with Crippen LogP contribution in [0.4, 0.5) is 28.0 Å². The smallest absolute Gasteiger partial charge is 0.406 e. The lowest BCUT2D eigenvalue weighted by Crippen LogP contribution is -2.47. The Labute approximate surface area is 170 Å². The number of urea groups is 1. The number of rotatable bonds is 8. The second-order valence-electron chi connectivity index (χ2n) is 6.36. The number of ether oxygens (including phenoxy) is 1. The molecule has 3 amide bonds. The minimum absolute atomic E-state index is 0.146. The first kappa shape index (κ1) is 23.0. The van der Waals surface area contributed by atoms with Crippen LogP contribution in [0, 0.1) is 5.82 Å². The van der Waals surface area contributed by atoms with Crippen LogP contribution in [0.2, 0.25) is 0 Å². The summed E-state index contributed by atoms with van der Waals surface area (Å²) in [6, 6.07) is 8.82. The molecule has 3 N–H and O–H groups in total. The van der Waals surface area contributed by atoms with E-state index in [1.807, 2.05) is 6.92 Å². The topological polar surface area (TPSA) is 79.5 Å². The van der Waals surface area contributed by atoms with Crippen molar-refractivity contribution >= 4 is 17.6 Å². The minimum atomic E-state index is -4.80. The van der Waals surface area contributed by atoms with Crippen LogP contribution in [0.1, 0.15) is 25.3 Å². The lowest BCUT2D eigenvalue weighted by atomic mass is 10.1. The summed E-state index contributed by atoms with van der Waals surface area (Å²) in [4.78, 5) is 24.6. The highest BCUT2D eigenvalue weighted by Gasteiger charge is 2.31. The molecule has 2 aromatic carbocycles. The SMILES string of the molecule is CCCC(NC(=O)NCc1ccc(F)cc1)C(=O)Nc1ccc(OC(F)(F)F)cc1. The van der Waals surface area contributed by atoms with Gasteiger partial charge in [-0.05, 0) is 48.4 Å². The summed E-state index contributed by atoms with van der Waals surface area (Å²) >= 11 is 0. The molecule has 0 saturated heterocycles. The van der Waals surface area contributed by atoms with E-state index in [2.05, 4.69) is 20.7 Å². The number of carbonyl (C=O) groups is 2. The van der Waals surface area contributed by atoms with Gasteiger partial charge in [-0.25, -0.2) is 9.18 Å². The molecule has 0 saturated carbocycles. The standard InChI is InChI=1S/C20H21F4N3O3/c1-2-3-17(27-19(29)25-12-13-4-6-14(21)7-5-13)18(28)26-15-8-10-16(11-9-15)30-20(22,23)24/h4-11,17H,2-3,12H2,1H3,(H,26,28)(H2,25,27,29). The third-order valence-electron chi connectivity index (χ3n) is 3.92. The van der Waals surface area contributed by atoms with Crippen LogP contribution in [0.5, 0.6) is 5.75 Å². The van der Waals surface area contributed by atoms with Gasteiger partial charge >= 0.3 is 12.4 Å². The number of hydrogen-bond donors (Lipinski definition) is 3. The molecule has 0 bridgehead atoms. The van der Waals surface area contributed by atoms with Gasteiger partial charge in [-0.1, -0.05) is 25.5 Å². The molecule has 0 heterocycles. The predicted molar refractivity (Wildman–Crippen MR) is 102 cm³/mol. The van der Waals surface area contributed by atoms with E-state index in [4.69, 9.17) is 0 Å². The molecule has 0 aliphatic rings. The molecule has 0 aromatic heterocycles. The molecule has 0 spiro atoms. The average Bonchev–Trinajstić information content (AvgIpc) is 2.67. The highest BCUT2D eigenvalue weighted by molar-refractivity contribution is 5.97. The van der Waals surface area contributed by atoms with Crippen LogP contribution in [0.15, 0.2) is 48.5 Å². The van der Waals surface area contributed by atoms with Crippen molar-refractivity contribution in [1.82, 2.24) is 10.6 Å². The first-order valence-corrected chi connectivity index (χ1v) is 9.11. The van der Waals surface area contributed by atoms with Gasteiger partial charge in [0, 0.05) is 12.2 Å². The van der Waals surface area contributed by atoms with E-state index < -0.39 is 30.1 Å². The predicted octanol–water partition coefficient (Wildman–Crippen LogP) is 4.33. The fourth-order valence-electron chi connectivity index (χ4n) is 2.52. The summed E-state index contributed by atoms with van der Waals surface area (Å²) in [7, 11) is 0. The number of alkyl halides is 3. The number of hydrogen-bond acceptors (Lipinski definition) is 3. The van der Waals surface area contributed by atoms with Gasteiger partial charge in [0.1, 0.15) is 17.6 Å². The molecule has 2 aromatic rings. The summed E-state index contributed by atoms with van der Waals surface area (Å²) < 4.78 is 53.3. The fourth-order valence-corrected chi connectivity index (χ4v) is 2.52. The van der Waals surface area contributed by atoms with Crippen LogP contribution >= 0.6 is 0 Å². The van der Waals surface area contributed by atoms with Crippen molar-refractivity contribution in [2.75, 3.05) is 5.32 Å². The Hall–Kier alpha value is -3.30. The van der Waals surface area contributed by atoms with Crippen molar-refractivity contribution < 1.29 is 31.9 Å². The van der Waals surface area contributed by atoms with Crippen LogP contribution in [-0.2, 0) is 11.3 Å². The quantitative estimate of drug-likeness (QED) is 0.549. The Morgan fingerprint density at radius 3 is 2.23 bits per heavy atom. The molecule has 10 heteroatoms. The van der Waals surface area contributed by atoms with Crippen molar-refractivity contribution in [3.63, 3.8) is 0 Å². The van der Waals surface area contributed by atoms with E-state index in [0.717, 1.165) is 12.1 Å². The van der Waals surface area contributed by atoms with Gasteiger partial charge in [0.15, 0.2) is 0 Å². The number of benzene rings is 2. The molecule has 6 nitrogen and oxygen atoms in total. The van der Waals surface area contributed by atoms with E-state index in [-0.39, 0.29) is 18.0 Å². The molecule has 30 heavy (non-hydrogen) atoms. The van der Waals surface area contributed by atoms with Gasteiger partial charge in [-0.15, -0.1) is 13.2 Å². The average molecular weight is 427 g/mol. The molecule has 1 atom stereocenters. The van der Waals surface area contributed by atoms with Crippen molar-refractivity contribution in [3.05, 3.63) is 59.9 Å². The van der Waals surface area contributed by atoms with Crippen molar-refractivity contribution in [2.24, 2.45) is 0 Å². The maximum absolute atomic E-state index is 12.9. The first-order chi connectivity index (χ1) is 14.2. The van der Waals surface area contributed by atoms with Crippen molar-refractivity contribution in [1.29, 1.82) is 0 Å². The van der Waals surface area contributed by atoms with E-state index in [1.165, 1.54) is 36.4 Å². The summed E-state index contributed by atoms with van der Waals surface area (Å²) in [5.41, 5.74) is 0.938. The van der Waals surface area contributed by atoms with E-state index >= 15 is 0 Å². The van der Waals surface area contributed by atoms with Gasteiger partial charge in [-0.2, -0.15) is 0 Å². The highest BCUT2D eigenvalue weighted by atomic mass is 19.4. The largest absolute Gasteiger partial charge is 0.573 e. The lowest BCUT2D eigenvalue weighted by Gasteiger charge is -2.18. The molecule has 0 fully saturated rings. The van der Waals surface area contributed by atoms with E-state index in [9.17, 15) is 27.2 Å². The zero-order valence-electron chi connectivity index (χ0n) is 16.1. The summed E-state index contributed by atoms with van der Waals surface area (Å²) in [6.07, 6.45) is -3.85. The third-order valence-corrected chi connectivity index (χ3v) is 3.92. The van der Waals surface area contributed by atoms with Gasteiger partial charge in [-0.3, -0.25) is 4.79 Å². The Morgan fingerprint density at radius 2 is 1.67 bits per heavy atom. The number of anilines is 1. The maximum atomic E-state index is 12.9. The fraction of sp³-hybridized carbons (Fsp3) is 0.300. The van der Waals surface area contributed by atoms with Gasteiger partial charge in [0.05, 0.1) is 0 Å². The molecular formula is C20H21F4N3O3. The molecule has 0 radical (unpaired) electrons. The summed E-state index contributed by atoms with van der Waals surface area (Å²) in [5, 5.41) is 7.67. The molecule has 0 aliphatic heterocycles. The molecule has 2 rings (SSSR count). The molecule has 0 aliphatic carbocycles.